The van der Waals surface area contributed by atoms with E-state index in [1.807, 2.05) is 6.92 Å². The minimum absolute atomic E-state index is 0.0173. The standard InChI is InChI=1S/C27H22ClF4NO4/c1-26(12-16-5-7-21(28)22(29)10-16)13-19-11-18(6-8-23(19)37-26)25(36)33(15-24(34)35)14-17-3-2-4-20(9-17)27(30,31)32/h2-11H,12-15H2,1H3,(H,34,35)/t26-/m1/s1. The van der Waals surface area contributed by atoms with Gasteiger partial charge in [-0.15, -0.1) is 0 Å². The Kier molecular flexibility index (Phi) is 7.19. The van der Waals surface area contributed by atoms with Gasteiger partial charge < -0.3 is 14.7 Å². The molecule has 0 aromatic heterocycles. The molecule has 1 aliphatic rings. The van der Waals surface area contributed by atoms with Gasteiger partial charge in [0.2, 0.25) is 0 Å². The van der Waals surface area contributed by atoms with Crippen molar-refractivity contribution in [2.75, 3.05) is 6.54 Å². The Morgan fingerprint density at radius 3 is 2.51 bits per heavy atom. The molecule has 0 radical (unpaired) electrons. The van der Waals surface area contributed by atoms with Crippen LogP contribution in [0.15, 0.2) is 60.7 Å². The summed E-state index contributed by atoms with van der Waals surface area (Å²) >= 11 is 5.76. The Labute approximate surface area is 215 Å². The molecule has 0 saturated carbocycles. The van der Waals surface area contributed by atoms with Crippen LogP contribution in [0.2, 0.25) is 5.02 Å². The molecule has 37 heavy (non-hydrogen) atoms. The van der Waals surface area contributed by atoms with Gasteiger partial charge in [-0.2, -0.15) is 13.2 Å². The second-order valence-electron chi connectivity index (χ2n) is 9.23. The molecular formula is C27H22ClF4NO4. The van der Waals surface area contributed by atoms with E-state index in [0.29, 0.717) is 29.7 Å². The van der Waals surface area contributed by atoms with Crippen molar-refractivity contribution < 1.29 is 37.0 Å². The van der Waals surface area contributed by atoms with Crippen LogP contribution in [-0.4, -0.2) is 34.0 Å². The van der Waals surface area contributed by atoms with E-state index in [0.717, 1.165) is 17.0 Å². The Morgan fingerprint density at radius 1 is 1.08 bits per heavy atom. The Balaban J connectivity index is 1.54. The van der Waals surface area contributed by atoms with Gasteiger partial charge in [-0.1, -0.05) is 29.8 Å². The summed E-state index contributed by atoms with van der Waals surface area (Å²) in [6.45, 7) is 0.844. The molecule has 1 aliphatic heterocycles. The monoisotopic (exact) mass is 535 g/mol. The maximum absolute atomic E-state index is 13.9. The summed E-state index contributed by atoms with van der Waals surface area (Å²) in [6.07, 6.45) is -3.79. The SMILES string of the molecule is C[C@@]1(Cc2ccc(Cl)c(F)c2)Cc2cc(C(=O)N(CC(=O)O)Cc3cccc(C(F)(F)F)c3)ccc2O1. The lowest BCUT2D eigenvalue weighted by atomic mass is 9.91. The first kappa shape index (κ1) is 26.5. The summed E-state index contributed by atoms with van der Waals surface area (Å²) < 4.78 is 59.2. The third-order valence-electron chi connectivity index (χ3n) is 6.03. The van der Waals surface area contributed by atoms with Crippen LogP contribution in [0.3, 0.4) is 0 Å². The largest absolute Gasteiger partial charge is 0.487 e. The van der Waals surface area contributed by atoms with Gasteiger partial charge in [0.15, 0.2) is 0 Å². The number of amides is 1. The number of carboxylic acid groups (broad SMARTS) is 1. The zero-order chi connectivity index (χ0) is 27.0. The number of carbonyl (C=O) groups excluding carboxylic acids is 1. The van der Waals surface area contributed by atoms with E-state index in [-0.39, 0.29) is 22.7 Å². The number of hydrogen-bond acceptors (Lipinski definition) is 3. The molecule has 5 nitrogen and oxygen atoms in total. The molecule has 3 aromatic carbocycles. The van der Waals surface area contributed by atoms with Crippen molar-refractivity contribution in [1.29, 1.82) is 0 Å². The molecule has 1 atom stereocenters. The van der Waals surface area contributed by atoms with Gasteiger partial charge in [0.1, 0.15) is 23.7 Å². The van der Waals surface area contributed by atoms with E-state index in [2.05, 4.69) is 0 Å². The quantitative estimate of drug-likeness (QED) is 0.368. The predicted octanol–water partition coefficient (Wildman–Crippen LogP) is 6.16. The average molecular weight is 536 g/mol. The van der Waals surface area contributed by atoms with Crippen molar-refractivity contribution in [2.45, 2.75) is 38.1 Å². The summed E-state index contributed by atoms with van der Waals surface area (Å²) in [5, 5.41) is 9.33. The zero-order valence-electron chi connectivity index (χ0n) is 19.6. The van der Waals surface area contributed by atoms with Crippen LogP contribution in [0.5, 0.6) is 5.75 Å². The lowest BCUT2D eigenvalue weighted by molar-refractivity contribution is -0.139. The van der Waals surface area contributed by atoms with Crippen LogP contribution in [0.1, 0.15) is 39.5 Å². The maximum atomic E-state index is 13.9. The number of alkyl halides is 3. The molecule has 0 bridgehead atoms. The van der Waals surface area contributed by atoms with Gasteiger partial charge in [0.25, 0.3) is 5.91 Å². The second-order valence-corrected chi connectivity index (χ2v) is 9.64. The first-order chi connectivity index (χ1) is 17.3. The van der Waals surface area contributed by atoms with E-state index in [4.69, 9.17) is 16.3 Å². The number of ether oxygens (including phenoxy) is 1. The van der Waals surface area contributed by atoms with Crippen LogP contribution in [0, 0.1) is 5.82 Å². The zero-order valence-corrected chi connectivity index (χ0v) is 20.4. The van der Waals surface area contributed by atoms with E-state index in [1.165, 1.54) is 30.3 Å². The summed E-state index contributed by atoms with van der Waals surface area (Å²) in [5.74, 6) is -1.94. The maximum Gasteiger partial charge on any atom is 0.416 e. The molecular weight excluding hydrogens is 514 g/mol. The lowest BCUT2D eigenvalue weighted by Gasteiger charge is -2.24. The van der Waals surface area contributed by atoms with E-state index in [9.17, 15) is 32.3 Å². The highest BCUT2D eigenvalue weighted by molar-refractivity contribution is 6.30. The van der Waals surface area contributed by atoms with Crippen molar-refractivity contribution in [2.24, 2.45) is 0 Å². The van der Waals surface area contributed by atoms with E-state index >= 15 is 0 Å². The van der Waals surface area contributed by atoms with Gasteiger partial charge in [-0.25, -0.2) is 4.39 Å². The van der Waals surface area contributed by atoms with Gasteiger partial charge in [0, 0.05) is 24.9 Å². The number of carboxylic acids is 1. The molecule has 10 heteroatoms. The highest BCUT2D eigenvalue weighted by Gasteiger charge is 2.36. The molecule has 0 saturated heterocycles. The fraction of sp³-hybridized carbons (Fsp3) is 0.259. The molecule has 0 fully saturated rings. The average Bonchev–Trinajstić information content (AvgIpc) is 3.14. The molecule has 0 spiro atoms. The Morgan fingerprint density at radius 2 is 1.84 bits per heavy atom. The molecule has 194 valence electrons. The fourth-order valence-electron chi connectivity index (χ4n) is 4.45. The summed E-state index contributed by atoms with van der Waals surface area (Å²) in [5.41, 5.74) is 0.110. The third-order valence-corrected chi connectivity index (χ3v) is 6.34. The minimum atomic E-state index is -4.57. The smallest absolute Gasteiger partial charge is 0.416 e. The summed E-state index contributed by atoms with van der Waals surface area (Å²) in [7, 11) is 0. The first-order valence-electron chi connectivity index (χ1n) is 11.3. The van der Waals surface area contributed by atoms with Gasteiger partial charge in [-0.05, 0) is 66.1 Å². The number of halogens is 5. The molecule has 1 amide bonds. The highest BCUT2D eigenvalue weighted by Crippen LogP contribution is 2.38. The molecule has 1 heterocycles. The molecule has 1 N–H and O–H groups in total. The third kappa shape index (κ3) is 6.22. The first-order valence-corrected chi connectivity index (χ1v) is 11.6. The number of carbonyl (C=O) groups is 2. The Hall–Kier alpha value is -3.59. The van der Waals surface area contributed by atoms with Crippen molar-refractivity contribution in [1.82, 2.24) is 4.90 Å². The van der Waals surface area contributed by atoms with Crippen molar-refractivity contribution in [3.05, 3.63) is 99.3 Å². The normalized spacial score (nSPS) is 16.7. The number of fused-ring (bicyclic) bond motifs is 1. The lowest BCUT2D eigenvalue weighted by Crippen LogP contribution is -2.35. The number of benzene rings is 3. The van der Waals surface area contributed by atoms with Crippen molar-refractivity contribution >= 4 is 23.5 Å². The number of hydrogen-bond donors (Lipinski definition) is 1. The number of rotatable bonds is 7. The molecule has 0 aliphatic carbocycles. The van der Waals surface area contributed by atoms with E-state index in [1.54, 1.807) is 18.2 Å². The van der Waals surface area contributed by atoms with Crippen LogP contribution in [0.25, 0.3) is 0 Å². The summed E-state index contributed by atoms with van der Waals surface area (Å²) in [6, 6.07) is 13.6. The predicted molar refractivity (Wildman–Crippen MR) is 128 cm³/mol. The van der Waals surface area contributed by atoms with Crippen molar-refractivity contribution in [3.63, 3.8) is 0 Å². The van der Waals surface area contributed by atoms with Crippen LogP contribution in [-0.2, 0) is 30.4 Å². The topological polar surface area (TPSA) is 66.8 Å². The number of aliphatic carboxylic acids is 1. The molecule has 4 rings (SSSR count). The van der Waals surface area contributed by atoms with Crippen LogP contribution in [0.4, 0.5) is 17.6 Å². The fourth-order valence-corrected chi connectivity index (χ4v) is 4.56. The highest BCUT2D eigenvalue weighted by atomic mass is 35.5. The van der Waals surface area contributed by atoms with E-state index < -0.39 is 41.6 Å². The van der Waals surface area contributed by atoms with Gasteiger partial charge in [0.05, 0.1) is 10.6 Å². The molecule has 3 aromatic rings. The Bertz CT molecular complexity index is 1360. The van der Waals surface area contributed by atoms with Gasteiger partial charge >= 0.3 is 12.1 Å². The van der Waals surface area contributed by atoms with Gasteiger partial charge in [-0.3, -0.25) is 9.59 Å². The number of nitrogens with zero attached hydrogens (tertiary/aromatic N) is 1. The summed E-state index contributed by atoms with van der Waals surface area (Å²) in [4.78, 5) is 25.6. The minimum Gasteiger partial charge on any atom is -0.487 e. The van der Waals surface area contributed by atoms with Crippen LogP contribution >= 0.6 is 11.6 Å². The van der Waals surface area contributed by atoms with Crippen molar-refractivity contribution in [3.8, 4) is 5.75 Å². The second kappa shape index (κ2) is 10.0. The molecule has 0 unspecified atom stereocenters. The van der Waals surface area contributed by atoms with Crippen LogP contribution < -0.4 is 4.74 Å².